The fourth-order valence-corrected chi connectivity index (χ4v) is 3.63. The number of aryl methyl sites for hydroxylation is 2. The maximum absolute atomic E-state index is 12.4. The highest BCUT2D eigenvalue weighted by atomic mass is 79.9. The highest BCUT2D eigenvalue weighted by Gasteiger charge is 2.18. The van der Waals surface area contributed by atoms with Gasteiger partial charge in [0.2, 0.25) is 5.91 Å². The minimum Gasteiger partial charge on any atom is -0.324 e. The van der Waals surface area contributed by atoms with E-state index in [9.17, 15) is 4.79 Å². The molecular formula is C17H23BrN4OS. The van der Waals surface area contributed by atoms with Crippen molar-refractivity contribution >= 4 is 39.3 Å². The van der Waals surface area contributed by atoms with Gasteiger partial charge in [-0.05, 0) is 53.9 Å². The summed E-state index contributed by atoms with van der Waals surface area (Å²) in [6, 6.07) is 5.86. The molecule has 1 heterocycles. The first-order valence-electron chi connectivity index (χ1n) is 8.12. The molecule has 1 aromatic carbocycles. The lowest BCUT2D eigenvalue weighted by molar-refractivity contribution is -0.115. The number of unbranched alkanes of at least 4 members (excludes halogenated alkanes) is 2. The second-order valence-electron chi connectivity index (χ2n) is 5.75. The molecule has 0 fully saturated rings. The fraction of sp³-hybridized carbons (Fsp3) is 0.471. The zero-order valence-electron chi connectivity index (χ0n) is 14.3. The van der Waals surface area contributed by atoms with Crippen molar-refractivity contribution in [2.45, 2.75) is 57.0 Å². The Bertz CT molecular complexity index is 689. The topological polar surface area (TPSA) is 59.8 Å². The number of hydrogen-bond donors (Lipinski definition) is 1. The van der Waals surface area contributed by atoms with Gasteiger partial charge in [-0.1, -0.05) is 37.6 Å². The van der Waals surface area contributed by atoms with Gasteiger partial charge in [0.15, 0.2) is 5.16 Å². The van der Waals surface area contributed by atoms with E-state index < -0.39 is 0 Å². The predicted molar refractivity (Wildman–Crippen MR) is 102 cm³/mol. The number of anilines is 1. The molecule has 130 valence electrons. The van der Waals surface area contributed by atoms with Crippen molar-refractivity contribution in [3.8, 4) is 0 Å². The van der Waals surface area contributed by atoms with Crippen LogP contribution in [0.1, 0.15) is 38.7 Å². The zero-order chi connectivity index (χ0) is 17.5. The van der Waals surface area contributed by atoms with Crippen molar-refractivity contribution in [1.29, 1.82) is 0 Å². The van der Waals surface area contributed by atoms with Gasteiger partial charge >= 0.3 is 0 Å². The number of nitrogens with zero attached hydrogens (tertiary/aromatic N) is 3. The monoisotopic (exact) mass is 410 g/mol. The third-order valence-electron chi connectivity index (χ3n) is 3.62. The first kappa shape index (κ1) is 19.0. The third kappa shape index (κ3) is 5.34. The van der Waals surface area contributed by atoms with Crippen LogP contribution in [-0.2, 0) is 11.3 Å². The lowest BCUT2D eigenvalue weighted by Crippen LogP contribution is -2.23. The average Bonchev–Trinajstić information content (AvgIpc) is 2.97. The van der Waals surface area contributed by atoms with Crippen molar-refractivity contribution in [3.05, 3.63) is 34.6 Å². The molecule has 0 radical (unpaired) electrons. The number of hydrogen-bond acceptors (Lipinski definition) is 4. The largest absolute Gasteiger partial charge is 0.324 e. The molecule has 2 rings (SSSR count). The fourth-order valence-electron chi connectivity index (χ4n) is 2.19. The van der Waals surface area contributed by atoms with Crippen LogP contribution >= 0.6 is 27.7 Å². The summed E-state index contributed by atoms with van der Waals surface area (Å²) in [5, 5.41) is 11.6. The van der Waals surface area contributed by atoms with Gasteiger partial charge < -0.3 is 9.88 Å². The molecule has 24 heavy (non-hydrogen) atoms. The minimum absolute atomic E-state index is 0.0485. The molecule has 0 spiro atoms. The van der Waals surface area contributed by atoms with Gasteiger partial charge in [-0.2, -0.15) is 0 Å². The van der Waals surface area contributed by atoms with Gasteiger partial charge in [0.1, 0.15) is 6.33 Å². The molecule has 1 amide bonds. The Kier molecular flexibility index (Phi) is 7.30. The van der Waals surface area contributed by atoms with Crippen molar-refractivity contribution < 1.29 is 4.79 Å². The quantitative estimate of drug-likeness (QED) is 0.507. The number of thioether (sulfide) groups is 1. The molecule has 0 aliphatic rings. The number of aromatic nitrogens is 3. The Morgan fingerprint density at radius 1 is 1.42 bits per heavy atom. The van der Waals surface area contributed by atoms with Crippen LogP contribution in [0.2, 0.25) is 0 Å². The zero-order valence-corrected chi connectivity index (χ0v) is 16.7. The summed E-state index contributed by atoms with van der Waals surface area (Å²) >= 11 is 4.92. The minimum atomic E-state index is -0.257. The molecule has 0 unspecified atom stereocenters. The van der Waals surface area contributed by atoms with Crippen molar-refractivity contribution in [1.82, 2.24) is 14.8 Å². The number of halogens is 1. The second kappa shape index (κ2) is 9.22. The van der Waals surface area contributed by atoms with E-state index in [4.69, 9.17) is 0 Å². The second-order valence-corrected chi connectivity index (χ2v) is 7.91. The summed E-state index contributed by atoms with van der Waals surface area (Å²) in [5.41, 5.74) is 1.92. The third-order valence-corrected chi connectivity index (χ3v) is 5.37. The van der Waals surface area contributed by atoms with Crippen molar-refractivity contribution in [2.24, 2.45) is 0 Å². The molecule has 0 saturated heterocycles. The highest BCUT2D eigenvalue weighted by molar-refractivity contribution is 9.10. The molecule has 1 atom stereocenters. The van der Waals surface area contributed by atoms with Crippen LogP contribution in [0.4, 0.5) is 5.69 Å². The Morgan fingerprint density at radius 3 is 2.92 bits per heavy atom. The van der Waals surface area contributed by atoms with E-state index >= 15 is 0 Å². The maximum atomic E-state index is 12.4. The van der Waals surface area contributed by atoms with E-state index in [2.05, 4.69) is 38.4 Å². The molecule has 0 aliphatic heterocycles. The Hall–Kier alpha value is -1.34. The van der Waals surface area contributed by atoms with Gasteiger partial charge in [0.05, 0.1) is 10.9 Å². The van der Waals surface area contributed by atoms with Crippen LogP contribution < -0.4 is 5.32 Å². The predicted octanol–water partition coefficient (Wildman–Crippen LogP) is 4.66. The van der Waals surface area contributed by atoms with Crippen LogP contribution in [0, 0.1) is 6.92 Å². The molecule has 2 aromatic rings. The Morgan fingerprint density at radius 2 is 2.21 bits per heavy atom. The number of benzene rings is 1. The van der Waals surface area contributed by atoms with Crippen LogP contribution in [0.25, 0.3) is 0 Å². The molecule has 0 bridgehead atoms. The number of nitrogens with one attached hydrogen (secondary N) is 1. The lowest BCUT2D eigenvalue weighted by Gasteiger charge is -2.13. The molecule has 7 heteroatoms. The number of carbonyl (C=O) groups excluding carboxylic acids is 1. The van der Waals surface area contributed by atoms with Gasteiger partial charge in [-0.25, -0.2) is 0 Å². The van der Waals surface area contributed by atoms with Gasteiger partial charge in [-0.3, -0.25) is 4.79 Å². The molecule has 1 aromatic heterocycles. The standard InChI is InChI=1S/C17H23BrN4OS/c1-4-5-6-9-22-11-19-21-17(22)24-13(3)16(23)20-15-8-7-12(2)10-14(15)18/h7-8,10-11,13H,4-6,9H2,1-3H3,(H,20,23)/t13-/m0/s1. The summed E-state index contributed by atoms with van der Waals surface area (Å²) < 4.78 is 2.90. The molecule has 0 saturated carbocycles. The first-order chi connectivity index (χ1) is 11.5. The summed E-state index contributed by atoms with van der Waals surface area (Å²) in [7, 11) is 0. The maximum Gasteiger partial charge on any atom is 0.237 e. The molecule has 1 N–H and O–H groups in total. The van der Waals surface area contributed by atoms with E-state index in [1.807, 2.05) is 36.6 Å². The summed E-state index contributed by atoms with van der Waals surface area (Å²) in [4.78, 5) is 12.4. The highest BCUT2D eigenvalue weighted by Crippen LogP contribution is 2.26. The van der Waals surface area contributed by atoms with Crippen molar-refractivity contribution in [3.63, 3.8) is 0 Å². The van der Waals surface area contributed by atoms with Crippen LogP contribution in [0.15, 0.2) is 34.2 Å². The van der Waals surface area contributed by atoms with Gasteiger partial charge in [-0.15, -0.1) is 10.2 Å². The average molecular weight is 411 g/mol. The molecule has 5 nitrogen and oxygen atoms in total. The normalized spacial score (nSPS) is 12.2. The Balaban J connectivity index is 1.95. The lowest BCUT2D eigenvalue weighted by atomic mass is 10.2. The van der Waals surface area contributed by atoms with Crippen LogP contribution in [-0.4, -0.2) is 25.9 Å². The summed E-state index contributed by atoms with van der Waals surface area (Å²) in [6.45, 7) is 6.96. The molecule has 0 aliphatic carbocycles. The van der Waals surface area contributed by atoms with Gasteiger partial charge in [0, 0.05) is 11.0 Å². The number of amides is 1. The molecular weight excluding hydrogens is 388 g/mol. The van der Waals surface area contributed by atoms with Gasteiger partial charge in [0.25, 0.3) is 0 Å². The Labute approximate surface area is 155 Å². The van der Waals surface area contributed by atoms with Crippen molar-refractivity contribution in [2.75, 3.05) is 5.32 Å². The first-order valence-corrected chi connectivity index (χ1v) is 9.80. The summed E-state index contributed by atoms with van der Waals surface area (Å²) in [6.07, 6.45) is 5.19. The van der Waals surface area contributed by atoms with E-state index in [0.29, 0.717) is 0 Å². The van der Waals surface area contributed by atoms with Crippen LogP contribution in [0.3, 0.4) is 0 Å². The van der Waals surface area contributed by atoms with E-state index in [1.165, 1.54) is 24.6 Å². The number of carbonyl (C=O) groups is 1. The SMILES string of the molecule is CCCCCn1cnnc1S[C@@H](C)C(=O)Nc1ccc(C)cc1Br. The van der Waals surface area contributed by atoms with Crippen LogP contribution in [0.5, 0.6) is 0 Å². The van der Waals surface area contributed by atoms with E-state index in [1.54, 1.807) is 6.33 Å². The summed E-state index contributed by atoms with van der Waals surface area (Å²) in [5.74, 6) is -0.0485. The van der Waals surface area contributed by atoms with E-state index in [0.717, 1.165) is 33.8 Å². The number of rotatable bonds is 8. The van der Waals surface area contributed by atoms with E-state index in [-0.39, 0.29) is 11.2 Å². The smallest absolute Gasteiger partial charge is 0.237 e.